The third-order valence-electron chi connectivity index (χ3n) is 2.21. The second-order valence-corrected chi connectivity index (χ2v) is 6.34. The maximum Gasteiger partial charge on any atom is 0.0931 e. The van der Waals surface area contributed by atoms with E-state index in [2.05, 4.69) is 19.1 Å². The highest BCUT2D eigenvalue weighted by Crippen LogP contribution is 2.31. The van der Waals surface area contributed by atoms with Gasteiger partial charge in [-0.1, -0.05) is 17.7 Å². The van der Waals surface area contributed by atoms with Crippen molar-refractivity contribution in [3.8, 4) is 0 Å². The fraction of sp³-hybridized carbons (Fsp3) is 0.167. The molecule has 0 aliphatic rings. The van der Waals surface area contributed by atoms with E-state index in [1.807, 2.05) is 18.2 Å². The molecule has 0 aliphatic heterocycles. The van der Waals surface area contributed by atoms with Gasteiger partial charge in [0.25, 0.3) is 0 Å². The summed E-state index contributed by atoms with van der Waals surface area (Å²) in [5.74, 6) is 0.946. The Balaban J connectivity index is 2.07. The molecule has 0 saturated carbocycles. The summed E-state index contributed by atoms with van der Waals surface area (Å²) in [6, 6.07) is 10.0. The highest BCUT2D eigenvalue weighted by atomic mass is 35.5. The zero-order valence-electron chi connectivity index (χ0n) is 8.87. The monoisotopic (exact) mass is 269 g/mol. The SMILES string of the molecule is Cc1ccc(N)cc1SCc1ccc(Cl)s1. The molecular formula is C12H12ClNS2. The molecule has 0 atom stereocenters. The number of thiophene rings is 1. The Labute approximate surface area is 109 Å². The summed E-state index contributed by atoms with van der Waals surface area (Å²) in [5, 5.41) is 0. The number of hydrogen-bond donors (Lipinski definition) is 1. The Hall–Kier alpha value is -0.640. The van der Waals surface area contributed by atoms with Gasteiger partial charge in [-0.2, -0.15) is 0 Å². The van der Waals surface area contributed by atoms with E-state index in [1.165, 1.54) is 15.3 Å². The first-order chi connectivity index (χ1) is 7.65. The van der Waals surface area contributed by atoms with Crippen LogP contribution in [0.4, 0.5) is 5.69 Å². The van der Waals surface area contributed by atoms with Crippen LogP contribution in [0.2, 0.25) is 4.34 Å². The molecule has 1 aromatic heterocycles. The molecule has 0 fully saturated rings. The first-order valence-electron chi connectivity index (χ1n) is 4.88. The topological polar surface area (TPSA) is 26.0 Å². The van der Waals surface area contributed by atoms with Crippen molar-refractivity contribution in [2.45, 2.75) is 17.6 Å². The lowest BCUT2D eigenvalue weighted by Crippen LogP contribution is -1.87. The average molecular weight is 270 g/mol. The van der Waals surface area contributed by atoms with Crippen LogP contribution in [0.1, 0.15) is 10.4 Å². The molecule has 0 bridgehead atoms. The minimum absolute atomic E-state index is 0.817. The van der Waals surface area contributed by atoms with Gasteiger partial charge in [-0.3, -0.25) is 0 Å². The molecule has 2 aromatic rings. The minimum atomic E-state index is 0.817. The van der Waals surface area contributed by atoms with E-state index in [1.54, 1.807) is 23.1 Å². The normalized spacial score (nSPS) is 10.6. The first kappa shape index (κ1) is 11.8. The molecule has 2 N–H and O–H groups in total. The van der Waals surface area contributed by atoms with Gasteiger partial charge in [0.2, 0.25) is 0 Å². The lowest BCUT2D eigenvalue weighted by Gasteiger charge is -2.05. The average Bonchev–Trinajstić information content (AvgIpc) is 2.66. The number of aryl methyl sites for hydroxylation is 1. The van der Waals surface area contributed by atoms with Crippen molar-refractivity contribution >= 4 is 40.4 Å². The van der Waals surface area contributed by atoms with Gasteiger partial charge in [-0.05, 0) is 36.8 Å². The standard InChI is InChI=1S/C12H12ClNS2/c1-8-2-3-9(14)6-11(8)15-7-10-4-5-12(13)16-10/h2-6H,7,14H2,1H3. The molecule has 0 unspecified atom stereocenters. The zero-order valence-corrected chi connectivity index (χ0v) is 11.3. The van der Waals surface area contributed by atoms with Crippen LogP contribution in [0.5, 0.6) is 0 Å². The zero-order chi connectivity index (χ0) is 11.5. The second kappa shape index (κ2) is 5.13. The van der Waals surface area contributed by atoms with Crippen LogP contribution in [0.25, 0.3) is 0 Å². The molecule has 16 heavy (non-hydrogen) atoms. The van der Waals surface area contributed by atoms with Gasteiger partial charge in [0, 0.05) is 21.2 Å². The summed E-state index contributed by atoms with van der Waals surface area (Å²) in [5.41, 5.74) is 7.85. The number of halogens is 1. The van der Waals surface area contributed by atoms with Gasteiger partial charge in [0.1, 0.15) is 0 Å². The summed E-state index contributed by atoms with van der Waals surface area (Å²) in [6.45, 7) is 2.10. The van der Waals surface area contributed by atoms with E-state index in [0.29, 0.717) is 0 Å². The first-order valence-corrected chi connectivity index (χ1v) is 7.06. The quantitative estimate of drug-likeness (QED) is 0.652. The molecular weight excluding hydrogens is 258 g/mol. The fourth-order valence-electron chi connectivity index (χ4n) is 1.35. The Bertz CT molecular complexity index is 494. The van der Waals surface area contributed by atoms with E-state index < -0.39 is 0 Å². The van der Waals surface area contributed by atoms with Gasteiger partial charge in [-0.15, -0.1) is 23.1 Å². The van der Waals surface area contributed by atoms with Crippen molar-refractivity contribution in [3.05, 3.63) is 45.1 Å². The van der Waals surface area contributed by atoms with E-state index in [0.717, 1.165) is 15.8 Å². The molecule has 0 saturated heterocycles. The van der Waals surface area contributed by atoms with Crippen LogP contribution >= 0.6 is 34.7 Å². The number of anilines is 1. The highest BCUT2D eigenvalue weighted by molar-refractivity contribution is 7.98. The Morgan fingerprint density at radius 2 is 2.12 bits per heavy atom. The van der Waals surface area contributed by atoms with E-state index in [9.17, 15) is 0 Å². The summed E-state index contributed by atoms with van der Waals surface area (Å²) < 4.78 is 0.847. The van der Waals surface area contributed by atoms with Gasteiger partial charge in [0.15, 0.2) is 0 Å². The Morgan fingerprint density at radius 3 is 2.81 bits per heavy atom. The third-order valence-corrected chi connectivity index (χ3v) is 4.83. The molecule has 84 valence electrons. The molecule has 1 nitrogen and oxygen atoms in total. The summed E-state index contributed by atoms with van der Waals surface area (Å²) >= 11 is 9.32. The predicted octanol–water partition coefficient (Wildman–Crippen LogP) is 4.58. The Kier molecular flexibility index (Phi) is 3.79. The minimum Gasteiger partial charge on any atom is -0.399 e. The number of rotatable bonds is 3. The lowest BCUT2D eigenvalue weighted by atomic mass is 10.2. The molecule has 4 heteroatoms. The van der Waals surface area contributed by atoms with Gasteiger partial charge in [0.05, 0.1) is 4.34 Å². The van der Waals surface area contributed by atoms with Crippen LogP contribution in [-0.4, -0.2) is 0 Å². The fourth-order valence-corrected chi connectivity index (χ4v) is 3.55. The number of hydrogen-bond acceptors (Lipinski definition) is 3. The predicted molar refractivity (Wildman–Crippen MR) is 74.5 cm³/mol. The van der Waals surface area contributed by atoms with Crippen LogP contribution < -0.4 is 5.73 Å². The lowest BCUT2D eigenvalue weighted by molar-refractivity contribution is 1.30. The largest absolute Gasteiger partial charge is 0.399 e. The van der Waals surface area contributed by atoms with Crippen molar-refractivity contribution in [2.75, 3.05) is 5.73 Å². The smallest absolute Gasteiger partial charge is 0.0931 e. The summed E-state index contributed by atoms with van der Waals surface area (Å²) in [7, 11) is 0. The van der Waals surface area contributed by atoms with Crippen LogP contribution in [-0.2, 0) is 5.75 Å². The van der Waals surface area contributed by atoms with Crippen LogP contribution in [0.15, 0.2) is 35.2 Å². The van der Waals surface area contributed by atoms with Gasteiger partial charge >= 0.3 is 0 Å². The van der Waals surface area contributed by atoms with Crippen molar-refractivity contribution in [1.29, 1.82) is 0 Å². The maximum absolute atomic E-state index is 5.89. The van der Waals surface area contributed by atoms with Crippen LogP contribution in [0, 0.1) is 6.92 Å². The second-order valence-electron chi connectivity index (χ2n) is 3.52. The van der Waals surface area contributed by atoms with E-state index in [-0.39, 0.29) is 0 Å². The van der Waals surface area contributed by atoms with Crippen molar-refractivity contribution in [2.24, 2.45) is 0 Å². The van der Waals surface area contributed by atoms with E-state index >= 15 is 0 Å². The van der Waals surface area contributed by atoms with Gasteiger partial charge in [-0.25, -0.2) is 0 Å². The molecule has 0 radical (unpaired) electrons. The molecule has 0 aliphatic carbocycles. The molecule has 1 heterocycles. The molecule has 2 rings (SSSR count). The molecule has 0 spiro atoms. The highest BCUT2D eigenvalue weighted by Gasteiger charge is 2.02. The van der Waals surface area contributed by atoms with Gasteiger partial charge < -0.3 is 5.73 Å². The van der Waals surface area contributed by atoms with Crippen molar-refractivity contribution < 1.29 is 0 Å². The number of benzene rings is 1. The summed E-state index contributed by atoms with van der Waals surface area (Å²) in [6.07, 6.45) is 0. The number of thioether (sulfide) groups is 1. The van der Waals surface area contributed by atoms with Crippen molar-refractivity contribution in [3.63, 3.8) is 0 Å². The molecule has 1 aromatic carbocycles. The number of nitrogens with two attached hydrogens (primary N) is 1. The Morgan fingerprint density at radius 1 is 1.31 bits per heavy atom. The summed E-state index contributed by atoms with van der Waals surface area (Å²) in [4.78, 5) is 2.53. The molecule has 0 amide bonds. The maximum atomic E-state index is 5.89. The van der Waals surface area contributed by atoms with Crippen LogP contribution in [0.3, 0.4) is 0 Å². The number of nitrogen functional groups attached to an aromatic ring is 1. The van der Waals surface area contributed by atoms with Crippen molar-refractivity contribution in [1.82, 2.24) is 0 Å². The third kappa shape index (κ3) is 2.94. The van der Waals surface area contributed by atoms with E-state index in [4.69, 9.17) is 17.3 Å².